The Bertz CT molecular complexity index is 460. The maximum Gasteiger partial charge on any atom is 0.137 e. The zero-order valence-electron chi connectivity index (χ0n) is 11.6. The van der Waals surface area contributed by atoms with Gasteiger partial charge in [-0.3, -0.25) is 0 Å². The first kappa shape index (κ1) is 14.5. The van der Waals surface area contributed by atoms with E-state index in [0.29, 0.717) is 11.0 Å². The highest BCUT2D eigenvalue weighted by Crippen LogP contribution is 2.49. The lowest BCUT2D eigenvalue weighted by molar-refractivity contribution is 0.357. The van der Waals surface area contributed by atoms with Crippen molar-refractivity contribution in [3.63, 3.8) is 0 Å². The highest BCUT2D eigenvalue weighted by Gasteiger charge is 2.41. The van der Waals surface area contributed by atoms with Crippen LogP contribution in [0.15, 0.2) is 22.7 Å². The molecule has 20 heavy (non-hydrogen) atoms. The molecule has 3 rings (SSSR count). The molecule has 2 saturated carbocycles. The summed E-state index contributed by atoms with van der Waals surface area (Å²) in [7, 11) is 0. The summed E-state index contributed by atoms with van der Waals surface area (Å²) in [4.78, 5) is 0. The predicted molar refractivity (Wildman–Crippen MR) is 82.8 cm³/mol. The van der Waals surface area contributed by atoms with Crippen LogP contribution in [0.5, 0.6) is 0 Å². The zero-order valence-corrected chi connectivity index (χ0v) is 13.2. The third-order valence-electron chi connectivity index (χ3n) is 4.64. The van der Waals surface area contributed by atoms with E-state index in [2.05, 4.69) is 21.2 Å². The summed E-state index contributed by atoms with van der Waals surface area (Å²) in [5.41, 5.74) is 6.95. The number of nitrogens with two attached hydrogens (primary N) is 1. The predicted octanol–water partition coefficient (Wildman–Crippen LogP) is 3.61. The van der Waals surface area contributed by atoms with Crippen LogP contribution < -0.4 is 11.1 Å². The van der Waals surface area contributed by atoms with Crippen LogP contribution in [0.25, 0.3) is 0 Å². The van der Waals surface area contributed by atoms with Crippen LogP contribution in [0.4, 0.5) is 4.39 Å². The average Bonchev–Trinajstić information content (AvgIpc) is 3.31. The van der Waals surface area contributed by atoms with Crippen LogP contribution in [-0.4, -0.2) is 13.1 Å². The van der Waals surface area contributed by atoms with Gasteiger partial charge in [0.05, 0.1) is 4.47 Å². The van der Waals surface area contributed by atoms with Gasteiger partial charge in [0.25, 0.3) is 0 Å². The second-order valence-electron chi connectivity index (χ2n) is 6.21. The third kappa shape index (κ3) is 3.41. The summed E-state index contributed by atoms with van der Waals surface area (Å²) in [6.45, 7) is 1.59. The Morgan fingerprint density at radius 1 is 1.25 bits per heavy atom. The van der Waals surface area contributed by atoms with Crippen molar-refractivity contribution in [2.75, 3.05) is 13.1 Å². The number of rotatable bonds is 7. The molecule has 1 unspecified atom stereocenters. The van der Waals surface area contributed by atoms with Crippen molar-refractivity contribution in [2.24, 2.45) is 23.5 Å². The average molecular weight is 341 g/mol. The Kier molecular flexibility index (Phi) is 4.43. The largest absolute Gasteiger partial charge is 0.329 e. The van der Waals surface area contributed by atoms with Crippen molar-refractivity contribution >= 4 is 15.9 Å². The Labute approximate surface area is 128 Å². The zero-order chi connectivity index (χ0) is 14.1. The maximum absolute atomic E-state index is 13.3. The smallest absolute Gasteiger partial charge is 0.137 e. The summed E-state index contributed by atoms with van der Waals surface area (Å²) in [6.07, 6.45) is 5.60. The molecule has 1 aromatic carbocycles. The van der Waals surface area contributed by atoms with Gasteiger partial charge in [0, 0.05) is 12.6 Å². The number of nitrogens with one attached hydrogen (secondary N) is 1. The Balaban J connectivity index is 1.62. The van der Waals surface area contributed by atoms with Gasteiger partial charge in [0.15, 0.2) is 0 Å². The summed E-state index contributed by atoms with van der Waals surface area (Å²) in [5.74, 6) is 2.48. The van der Waals surface area contributed by atoms with Crippen LogP contribution in [0.2, 0.25) is 0 Å². The van der Waals surface area contributed by atoms with E-state index in [1.807, 2.05) is 12.1 Å². The summed E-state index contributed by atoms with van der Waals surface area (Å²) >= 11 is 3.25. The fraction of sp³-hybridized carbons (Fsp3) is 0.625. The monoisotopic (exact) mass is 340 g/mol. The van der Waals surface area contributed by atoms with Crippen LogP contribution in [-0.2, 0) is 0 Å². The van der Waals surface area contributed by atoms with E-state index in [4.69, 9.17) is 5.73 Å². The van der Waals surface area contributed by atoms with Gasteiger partial charge in [-0.05, 0) is 83.6 Å². The van der Waals surface area contributed by atoms with Gasteiger partial charge in [0.2, 0.25) is 0 Å². The van der Waals surface area contributed by atoms with E-state index in [1.54, 1.807) is 0 Å². The van der Waals surface area contributed by atoms with Gasteiger partial charge in [-0.15, -0.1) is 0 Å². The van der Waals surface area contributed by atoms with Gasteiger partial charge in [-0.2, -0.15) is 0 Å². The van der Waals surface area contributed by atoms with Crippen molar-refractivity contribution in [1.29, 1.82) is 0 Å². The molecule has 1 aromatic rings. The molecule has 1 atom stereocenters. The van der Waals surface area contributed by atoms with Crippen LogP contribution in [0.3, 0.4) is 0 Å². The van der Waals surface area contributed by atoms with E-state index in [9.17, 15) is 4.39 Å². The number of hydrogen-bond donors (Lipinski definition) is 2. The minimum atomic E-state index is -0.224. The molecule has 0 aliphatic heterocycles. The van der Waals surface area contributed by atoms with E-state index < -0.39 is 0 Å². The maximum atomic E-state index is 13.3. The van der Waals surface area contributed by atoms with E-state index in [0.717, 1.165) is 29.9 Å². The first-order valence-corrected chi connectivity index (χ1v) is 8.36. The number of halogens is 2. The Morgan fingerprint density at radius 2 is 1.90 bits per heavy atom. The van der Waals surface area contributed by atoms with Crippen LogP contribution in [0, 0.1) is 23.6 Å². The first-order valence-electron chi connectivity index (χ1n) is 7.57. The third-order valence-corrected chi connectivity index (χ3v) is 5.24. The fourth-order valence-electron chi connectivity index (χ4n) is 3.11. The molecule has 2 nitrogen and oxygen atoms in total. The highest BCUT2D eigenvalue weighted by atomic mass is 79.9. The molecule has 2 aliphatic carbocycles. The van der Waals surface area contributed by atoms with Crippen LogP contribution in [0.1, 0.15) is 37.3 Å². The van der Waals surface area contributed by atoms with Gasteiger partial charge in [0.1, 0.15) is 5.82 Å². The molecule has 0 bridgehead atoms. The Hall–Kier alpha value is -0.450. The van der Waals surface area contributed by atoms with Crippen molar-refractivity contribution < 1.29 is 4.39 Å². The highest BCUT2D eigenvalue weighted by molar-refractivity contribution is 9.10. The van der Waals surface area contributed by atoms with Crippen molar-refractivity contribution in [3.05, 3.63) is 34.1 Å². The molecule has 0 saturated heterocycles. The Morgan fingerprint density at radius 3 is 2.40 bits per heavy atom. The quantitative estimate of drug-likeness (QED) is 0.795. The molecule has 0 radical (unpaired) electrons. The SMILES string of the molecule is NCC(NCC(C1CC1)C1CC1)c1ccc(F)c(Br)c1. The summed E-state index contributed by atoms with van der Waals surface area (Å²) < 4.78 is 13.8. The first-order chi connectivity index (χ1) is 9.69. The van der Waals surface area contributed by atoms with Gasteiger partial charge in [-0.1, -0.05) is 6.07 Å². The summed E-state index contributed by atoms with van der Waals surface area (Å²) in [5, 5.41) is 3.61. The number of hydrogen-bond acceptors (Lipinski definition) is 2. The minimum Gasteiger partial charge on any atom is -0.329 e. The minimum absolute atomic E-state index is 0.117. The molecule has 2 fully saturated rings. The van der Waals surface area contributed by atoms with Crippen molar-refractivity contribution in [2.45, 2.75) is 31.7 Å². The van der Waals surface area contributed by atoms with Crippen molar-refractivity contribution in [1.82, 2.24) is 5.32 Å². The molecule has 0 amide bonds. The van der Waals surface area contributed by atoms with E-state index in [1.165, 1.54) is 31.7 Å². The molecule has 3 N–H and O–H groups in total. The van der Waals surface area contributed by atoms with E-state index in [-0.39, 0.29) is 11.9 Å². The molecule has 4 heteroatoms. The molecule has 2 aliphatic rings. The summed E-state index contributed by atoms with van der Waals surface area (Å²) in [6, 6.07) is 5.28. The molecule has 110 valence electrons. The second kappa shape index (κ2) is 6.12. The molecular formula is C16H22BrFN2. The normalized spacial score (nSPS) is 20.4. The van der Waals surface area contributed by atoms with Gasteiger partial charge < -0.3 is 11.1 Å². The van der Waals surface area contributed by atoms with Crippen LogP contribution >= 0.6 is 15.9 Å². The number of benzene rings is 1. The second-order valence-corrected chi connectivity index (χ2v) is 7.06. The van der Waals surface area contributed by atoms with Gasteiger partial charge in [-0.25, -0.2) is 4.39 Å². The fourth-order valence-corrected chi connectivity index (χ4v) is 3.51. The van der Waals surface area contributed by atoms with Gasteiger partial charge >= 0.3 is 0 Å². The van der Waals surface area contributed by atoms with E-state index >= 15 is 0 Å². The molecular weight excluding hydrogens is 319 g/mol. The molecule has 0 heterocycles. The lowest BCUT2D eigenvalue weighted by Crippen LogP contribution is -2.33. The topological polar surface area (TPSA) is 38.0 Å². The molecule has 0 aromatic heterocycles. The molecule has 0 spiro atoms. The van der Waals surface area contributed by atoms with Crippen molar-refractivity contribution in [3.8, 4) is 0 Å². The lowest BCUT2D eigenvalue weighted by atomic mass is 9.97. The standard InChI is InChI=1S/C16H22BrFN2/c17-14-7-12(5-6-15(14)18)16(8-19)20-9-13(10-1-2-10)11-3-4-11/h5-7,10-11,13,16,20H,1-4,8-9,19H2. The lowest BCUT2D eigenvalue weighted by Gasteiger charge is -2.22.